The van der Waals surface area contributed by atoms with Gasteiger partial charge in [0.05, 0.1) is 0 Å². The van der Waals surface area contributed by atoms with Gasteiger partial charge in [0.2, 0.25) is 0 Å². The molecular formula is C4H12O3. The van der Waals surface area contributed by atoms with Crippen LogP contribution in [0.25, 0.3) is 0 Å². The standard InChI is InChI=1S/C3H8.CH4O3/c1-3-2;2-1(3)4/h3H2,1-2H3;1-4H. The molecule has 0 unspecified atom stereocenters. The Kier molecular flexibility index (Phi) is 13.3. The van der Waals surface area contributed by atoms with Crippen LogP contribution >= 0.6 is 0 Å². The normalized spacial score (nSPS) is 7.71. The zero-order valence-corrected chi connectivity index (χ0v) is 4.63. The fraction of sp³-hybridized carbons (Fsp3) is 1.00. The van der Waals surface area contributed by atoms with Crippen LogP contribution in [0, 0.1) is 0 Å². The molecule has 3 N–H and O–H groups in total. The second kappa shape index (κ2) is 9.30. The van der Waals surface area contributed by atoms with Crippen molar-refractivity contribution < 1.29 is 15.3 Å². The van der Waals surface area contributed by atoms with Crippen LogP contribution in [0.3, 0.4) is 0 Å². The molecule has 0 atom stereocenters. The van der Waals surface area contributed by atoms with Crippen LogP contribution in [0.2, 0.25) is 0 Å². The lowest BCUT2D eigenvalue weighted by Crippen LogP contribution is -1.98. The molecule has 0 rings (SSSR count). The summed E-state index contributed by atoms with van der Waals surface area (Å²) in [7, 11) is 0. The highest BCUT2D eigenvalue weighted by Crippen LogP contribution is 1.56. The third-order valence-electron chi connectivity index (χ3n) is 0. The predicted octanol–water partition coefficient (Wildman–Crippen LogP) is -0.337. The van der Waals surface area contributed by atoms with E-state index in [0.29, 0.717) is 0 Å². The lowest BCUT2D eigenvalue weighted by Gasteiger charge is -1.80. The van der Waals surface area contributed by atoms with Crippen molar-refractivity contribution in [1.82, 2.24) is 0 Å². The Morgan fingerprint density at radius 3 is 1.14 bits per heavy atom. The quantitative estimate of drug-likeness (QED) is 0.372. The minimum atomic E-state index is -2.17. The molecule has 0 amide bonds. The van der Waals surface area contributed by atoms with Crippen molar-refractivity contribution in [2.75, 3.05) is 0 Å². The second-order valence-electron chi connectivity index (χ2n) is 1.05. The molecule has 0 spiro atoms. The van der Waals surface area contributed by atoms with Crippen LogP contribution in [0.1, 0.15) is 20.3 Å². The van der Waals surface area contributed by atoms with Gasteiger partial charge in [-0.1, -0.05) is 20.3 Å². The molecule has 3 nitrogen and oxygen atoms in total. The van der Waals surface area contributed by atoms with Gasteiger partial charge in [-0.05, 0) is 0 Å². The molecule has 0 saturated carbocycles. The molecule has 3 heteroatoms. The smallest absolute Gasteiger partial charge is 0.263 e. The van der Waals surface area contributed by atoms with Crippen LogP contribution in [0.5, 0.6) is 0 Å². The first-order chi connectivity index (χ1) is 3.15. The Bertz CT molecular complexity index is 18.1. The van der Waals surface area contributed by atoms with Crippen molar-refractivity contribution in [2.24, 2.45) is 0 Å². The van der Waals surface area contributed by atoms with Gasteiger partial charge in [-0.25, -0.2) is 0 Å². The first kappa shape index (κ1) is 9.99. The minimum Gasteiger partial charge on any atom is -0.346 e. The third-order valence-corrected chi connectivity index (χ3v) is 0. The molecule has 0 aliphatic rings. The fourth-order valence-corrected chi connectivity index (χ4v) is 0. The number of aliphatic hydroxyl groups excluding tert-OH is 1. The largest absolute Gasteiger partial charge is 0.346 e. The van der Waals surface area contributed by atoms with Gasteiger partial charge in [-0.3, -0.25) is 0 Å². The van der Waals surface area contributed by atoms with E-state index >= 15 is 0 Å². The molecule has 0 aliphatic heterocycles. The van der Waals surface area contributed by atoms with E-state index < -0.39 is 6.48 Å². The molecule has 0 bridgehead atoms. The van der Waals surface area contributed by atoms with E-state index in [1.807, 2.05) is 0 Å². The van der Waals surface area contributed by atoms with Crippen molar-refractivity contribution in [1.29, 1.82) is 0 Å². The maximum absolute atomic E-state index is 7.17. The maximum Gasteiger partial charge on any atom is 0.263 e. The second-order valence-corrected chi connectivity index (χ2v) is 1.05. The summed E-state index contributed by atoms with van der Waals surface area (Å²) in [5.74, 6) is 0. The Balaban J connectivity index is 0. The van der Waals surface area contributed by atoms with Gasteiger partial charge in [-0.2, -0.15) is 0 Å². The summed E-state index contributed by atoms with van der Waals surface area (Å²) < 4.78 is 0. The van der Waals surface area contributed by atoms with Gasteiger partial charge >= 0.3 is 0 Å². The van der Waals surface area contributed by atoms with E-state index in [2.05, 4.69) is 13.8 Å². The molecule has 0 saturated heterocycles. The van der Waals surface area contributed by atoms with Crippen molar-refractivity contribution in [3.63, 3.8) is 0 Å². The van der Waals surface area contributed by atoms with E-state index in [-0.39, 0.29) is 0 Å². The van der Waals surface area contributed by atoms with Gasteiger partial charge in [0.1, 0.15) is 0 Å². The van der Waals surface area contributed by atoms with Crippen molar-refractivity contribution in [3.05, 3.63) is 0 Å². The Hall–Kier alpha value is -0.120. The molecule has 46 valence electrons. The van der Waals surface area contributed by atoms with Crippen LogP contribution in [-0.2, 0) is 0 Å². The first-order valence-electron chi connectivity index (χ1n) is 2.19. The lowest BCUT2D eigenvalue weighted by atomic mass is 10.6. The van der Waals surface area contributed by atoms with Crippen LogP contribution in [0.4, 0.5) is 0 Å². The molecular weight excluding hydrogens is 96.0 g/mol. The average molecular weight is 108 g/mol. The zero-order valence-electron chi connectivity index (χ0n) is 4.63. The number of hydrogen-bond acceptors (Lipinski definition) is 3. The van der Waals surface area contributed by atoms with Crippen LogP contribution < -0.4 is 0 Å². The zero-order chi connectivity index (χ0) is 6.28. The maximum atomic E-state index is 7.17. The van der Waals surface area contributed by atoms with Gasteiger partial charge in [0.25, 0.3) is 6.48 Å². The summed E-state index contributed by atoms with van der Waals surface area (Å²) in [6.07, 6.45) is 1.25. The predicted molar refractivity (Wildman–Crippen MR) is 26.4 cm³/mol. The molecule has 7 heavy (non-hydrogen) atoms. The van der Waals surface area contributed by atoms with E-state index in [1.54, 1.807) is 0 Å². The minimum absolute atomic E-state index is 1.25. The van der Waals surface area contributed by atoms with Crippen LogP contribution in [-0.4, -0.2) is 21.8 Å². The summed E-state index contributed by atoms with van der Waals surface area (Å²) in [6.45, 7) is 2.08. The topological polar surface area (TPSA) is 60.7 Å². The number of rotatable bonds is 0. The molecule has 0 aromatic carbocycles. The highest BCUT2D eigenvalue weighted by Gasteiger charge is 1.72. The molecule has 0 heterocycles. The number of hydrogen-bond donors (Lipinski definition) is 3. The lowest BCUT2D eigenvalue weighted by molar-refractivity contribution is -0.198. The van der Waals surface area contributed by atoms with Crippen molar-refractivity contribution >= 4 is 0 Å². The molecule has 0 radical (unpaired) electrons. The summed E-state index contributed by atoms with van der Waals surface area (Å²) in [5.41, 5.74) is 0. The third kappa shape index (κ3) is 6150. The Morgan fingerprint density at radius 2 is 1.14 bits per heavy atom. The SMILES string of the molecule is CCC.OC(O)O. The molecule has 0 aromatic rings. The number of aliphatic hydroxyl groups is 3. The highest BCUT2D eigenvalue weighted by molar-refractivity contribution is 3.92. The average Bonchev–Trinajstić information content (AvgIpc) is 1.33. The highest BCUT2D eigenvalue weighted by atomic mass is 16.6. The van der Waals surface area contributed by atoms with Crippen molar-refractivity contribution in [2.45, 2.75) is 26.7 Å². The van der Waals surface area contributed by atoms with E-state index in [4.69, 9.17) is 15.3 Å². The fourth-order valence-electron chi connectivity index (χ4n) is 0. The van der Waals surface area contributed by atoms with Gasteiger partial charge in [0.15, 0.2) is 0 Å². The first-order valence-corrected chi connectivity index (χ1v) is 2.19. The summed E-state index contributed by atoms with van der Waals surface area (Å²) in [6, 6.07) is 0. The molecule has 0 aliphatic carbocycles. The monoisotopic (exact) mass is 108 g/mol. The van der Waals surface area contributed by atoms with Gasteiger partial charge in [0, 0.05) is 0 Å². The van der Waals surface area contributed by atoms with Gasteiger partial charge in [-0.15, -0.1) is 0 Å². The van der Waals surface area contributed by atoms with E-state index in [1.165, 1.54) is 6.42 Å². The Morgan fingerprint density at radius 1 is 1.14 bits per heavy atom. The summed E-state index contributed by atoms with van der Waals surface area (Å²) >= 11 is 0. The van der Waals surface area contributed by atoms with E-state index in [9.17, 15) is 0 Å². The molecule has 0 fully saturated rings. The van der Waals surface area contributed by atoms with Crippen LogP contribution in [0.15, 0.2) is 0 Å². The van der Waals surface area contributed by atoms with E-state index in [0.717, 1.165) is 0 Å². The van der Waals surface area contributed by atoms with Crippen molar-refractivity contribution in [3.8, 4) is 0 Å². The van der Waals surface area contributed by atoms with Gasteiger partial charge < -0.3 is 15.3 Å². The summed E-state index contributed by atoms with van der Waals surface area (Å²) in [5, 5.41) is 21.5. The summed E-state index contributed by atoms with van der Waals surface area (Å²) in [4.78, 5) is 0. The molecule has 0 aromatic heterocycles. The Labute approximate surface area is 43.2 Å².